The molecule has 1 fully saturated rings. The number of nitrogens with zero attached hydrogens (tertiary/aromatic N) is 4. The standard InChI is InChI=1S/C24H24N3O.C19H26NSi.Ir/c1-15-8-9-18-19-13-25-14-20(22(19)28-23(18)27-15)21-12-17(10-11-26-21)24(2,3)16-6-4-5-7-16;1-19(2,3)13-16-12-17(15-10-8-7-9-11-15)20-14-18(16)21(4,5)6;/h8-13,16H,4-7H2,1-3H3;7-10,12,14H,13H2,1-6H3;/q2*-1;. The van der Waals surface area contributed by atoms with E-state index in [4.69, 9.17) is 9.40 Å². The summed E-state index contributed by atoms with van der Waals surface area (Å²) >= 11 is 0. The Morgan fingerprint density at radius 1 is 0.880 bits per heavy atom. The molecule has 0 amide bonds. The van der Waals surface area contributed by atoms with Crippen molar-refractivity contribution in [2.45, 2.75) is 98.7 Å². The summed E-state index contributed by atoms with van der Waals surface area (Å²) in [5.74, 6) is 0.721. The molecule has 1 saturated carbocycles. The van der Waals surface area contributed by atoms with Gasteiger partial charge >= 0.3 is 0 Å². The zero-order valence-corrected chi connectivity index (χ0v) is 34.5. The third-order valence-electron chi connectivity index (χ3n) is 9.97. The van der Waals surface area contributed by atoms with E-state index in [1.165, 1.54) is 42.0 Å². The summed E-state index contributed by atoms with van der Waals surface area (Å²) in [6, 6.07) is 22.0. The molecule has 0 aliphatic heterocycles. The van der Waals surface area contributed by atoms with E-state index in [-0.39, 0.29) is 30.9 Å². The van der Waals surface area contributed by atoms with Gasteiger partial charge in [-0.3, -0.25) is 0 Å². The predicted octanol–water partition coefficient (Wildman–Crippen LogP) is 10.7. The molecule has 0 bridgehead atoms. The molecule has 1 radical (unpaired) electrons. The molecule has 1 aliphatic carbocycles. The van der Waals surface area contributed by atoms with Crippen LogP contribution in [0.5, 0.6) is 0 Å². The third-order valence-corrected chi connectivity index (χ3v) is 12.0. The number of pyridine rings is 4. The van der Waals surface area contributed by atoms with Crippen LogP contribution >= 0.6 is 0 Å². The maximum atomic E-state index is 6.12. The first kappa shape index (κ1) is 37.7. The minimum Gasteiger partial charge on any atom is -0.486 e. The van der Waals surface area contributed by atoms with Crippen LogP contribution in [0.2, 0.25) is 19.6 Å². The molecular formula is C43H50IrN4OSi-2. The topological polar surface area (TPSA) is 64.7 Å². The van der Waals surface area contributed by atoms with Crippen molar-refractivity contribution in [1.82, 2.24) is 19.9 Å². The van der Waals surface area contributed by atoms with Crippen LogP contribution in [-0.4, -0.2) is 28.0 Å². The molecule has 5 heterocycles. The maximum Gasteiger partial charge on any atom is 0.216 e. The zero-order valence-electron chi connectivity index (χ0n) is 31.1. The number of rotatable bonds is 6. The Kier molecular flexibility index (Phi) is 11.3. The number of hydrogen-bond donors (Lipinski definition) is 0. The van der Waals surface area contributed by atoms with Gasteiger partial charge in [0.15, 0.2) is 0 Å². The molecule has 5 aromatic heterocycles. The van der Waals surface area contributed by atoms with E-state index in [9.17, 15) is 0 Å². The molecule has 5 nitrogen and oxygen atoms in total. The van der Waals surface area contributed by atoms with Crippen LogP contribution in [0.3, 0.4) is 0 Å². The summed E-state index contributed by atoms with van der Waals surface area (Å²) in [7, 11) is -1.37. The van der Waals surface area contributed by atoms with Gasteiger partial charge in [0.1, 0.15) is 0 Å². The first-order chi connectivity index (χ1) is 23.2. The van der Waals surface area contributed by atoms with Gasteiger partial charge in [-0.1, -0.05) is 90.4 Å². The average Bonchev–Trinajstić information content (AvgIpc) is 3.73. The molecule has 1 aliphatic rings. The van der Waals surface area contributed by atoms with Gasteiger partial charge in [-0.25, -0.2) is 4.98 Å². The Bertz CT molecular complexity index is 2070. The molecule has 0 N–H and O–H groups in total. The van der Waals surface area contributed by atoms with E-state index in [0.29, 0.717) is 5.71 Å². The molecule has 0 saturated heterocycles. The Morgan fingerprint density at radius 3 is 2.32 bits per heavy atom. The quantitative estimate of drug-likeness (QED) is 0.123. The molecule has 6 aromatic rings. The summed E-state index contributed by atoms with van der Waals surface area (Å²) in [5.41, 5.74) is 9.30. The fraction of sp³-hybridized carbons (Fsp3) is 0.395. The van der Waals surface area contributed by atoms with Gasteiger partial charge in [0.2, 0.25) is 5.71 Å². The predicted molar refractivity (Wildman–Crippen MR) is 206 cm³/mol. The monoisotopic (exact) mass is 859 g/mol. The van der Waals surface area contributed by atoms with Gasteiger partial charge in [-0.15, -0.1) is 35.9 Å². The first-order valence-electron chi connectivity index (χ1n) is 17.7. The minimum absolute atomic E-state index is 0. The van der Waals surface area contributed by atoms with E-state index in [2.05, 4.69) is 112 Å². The van der Waals surface area contributed by atoms with E-state index in [0.717, 1.165) is 56.9 Å². The van der Waals surface area contributed by atoms with Crippen LogP contribution in [0.1, 0.15) is 77.1 Å². The maximum absolute atomic E-state index is 6.12. The minimum atomic E-state index is -1.37. The summed E-state index contributed by atoms with van der Waals surface area (Å²) in [5, 5.41) is 3.42. The molecule has 7 rings (SSSR count). The second kappa shape index (κ2) is 15.0. The van der Waals surface area contributed by atoms with E-state index in [1.54, 1.807) is 6.20 Å². The summed E-state index contributed by atoms with van der Waals surface area (Å²) in [4.78, 5) is 18.2. The van der Waals surface area contributed by atoms with Crippen molar-refractivity contribution in [2.24, 2.45) is 11.3 Å². The van der Waals surface area contributed by atoms with Gasteiger partial charge in [0.25, 0.3) is 0 Å². The largest absolute Gasteiger partial charge is 0.486 e. The number of benzene rings is 1. The fourth-order valence-electron chi connectivity index (χ4n) is 7.23. The van der Waals surface area contributed by atoms with Crippen LogP contribution < -0.4 is 5.19 Å². The molecule has 0 atom stereocenters. The molecule has 263 valence electrons. The molecule has 50 heavy (non-hydrogen) atoms. The summed E-state index contributed by atoms with van der Waals surface area (Å²) in [6.07, 6.45) is 15.3. The average molecular weight is 859 g/mol. The number of hydrogen-bond acceptors (Lipinski definition) is 5. The van der Waals surface area contributed by atoms with Crippen LogP contribution in [0.4, 0.5) is 0 Å². The van der Waals surface area contributed by atoms with Gasteiger partial charge in [-0.2, -0.15) is 0 Å². The fourth-order valence-corrected chi connectivity index (χ4v) is 8.81. The van der Waals surface area contributed by atoms with Crippen molar-refractivity contribution in [3.63, 3.8) is 0 Å². The second-order valence-electron chi connectivity index (χ2n) is 16.5. The van der Waals surface area contributed by atoms with Gasteiger partial charge in [0, 0.05) is 43.6 Å². The van der Waals surface area contributed by atoms with Crippen LogP contribution in [-0.2, 0) is 31.9 Å². The number of aromatic nitrogens is 4. The normalized spacial score (nSPS) is 14.0. The van der Waals surface area contributed by atoms with Crippen molar-refractivity contribution in [3.05, 3.63) is 102 Å². The van der Waals surface area contributed by atoms with Crippen molar-refractivity contribution < 1.29 is 24.5 Å². The Labute approximate surface area is 313 Å². The van der Waals surface area contributed by atoms with Gasteiger partial charge < -0.3 is 19.4 Å². The van der Waals surface area contributed by atoms with Crippen LogP contribution in [0, 0.1) is 30.5 Å². The van der Waals surface area contributed by atoms with Crippen molar-refractivity contribution in [2.75, 3.05) is 0 Å². The SMILES string of the molecule is CC(C)(C)Cc1cc(-c2[c-]cccc2)ncc1[Si](C)(C)C.Cc1ccc2c(n1)oc1c(-c3cc(C(C)(C)C4CCCC4)ccn3)[c-]ncc12.[Ir]. The van der Waals surface area contributed by atoms with Crippen molar-refractivity contribution >= 4 is 35.3 Å². The van der Waals surface area contributed by atoms with E-state index < -0.39 is 8.07 Å². The number of fused-ring (bicyclic) bond motifs is 3. The molecular weight excluding hydrogens is 809 g/mol. The van der Waals surface area contributed by atoms with Crippen LogP contribution in [0.25, 0.3) is 44.6 Å². The van der Waals surface area contributed by atoms with Crippen molar-refractivity contribution in [1.29, 1.82) is 0 Å². The summed E-state index contributed by atoms with van der Waals surface area (Å²) in [6.45, 7) is 20.8. The molecule has 7 heteroatoms. The van der Waals surface area contributed by atoms with Gasteiger partial charge in [0.05, 0.1) is 13.7 Å². The van der Waals surface area contributed by atoms with Crippen LogP contribution in [0.15, 0.2) is 77.6 Å². The second-order valence-corrected chi connectivity index (χ2v) is 21.6. The molecule has 0 unspecified atom stereocenters. The summed E-state index contributed by atoms with van der Waals surface area (Å²) < 4.78 is 6.12. The molecule has 0 spiro atoms. The Hall–Kier alpha value is -3.51. The third kappa shape index (κ3) is 8.33. The first-order valence-corrected chi connectivity index (χ1v) is 21.2. The van der Waals surface area contributed by atoms with Gasteiger partial charge in [-0.05, 0) is 101 Å². The number of furan rings is 1. The Balaban J connectivity index is 0.000000199. The van der Waals surface area contributed by atoms with E-state index in [1.807, 2.05) is 43.5 Å². The molecule has 1 aromatic carbocycles. The Morgan fingerprint density at radius 2 is 1.64 bits per heavy atom. The smallest absolute Gasteiger partial charge is 0.216 e. The number of aryl methyl sites for hydroxylation is 1. The zero-order chi connectivity index (χ0) is 35.0. The van der Waals surface area contributed by atoms with Crippen molar-refractivity contribution in [3.8, 4) is 22.5 Å². The van der Waals surface area contributed by atoms with E-state index >= 15 is 0 Å².